The normalized spacial score (nSPS) is 20.9. The van der Waals surface area contributed by atoms with E-state index in [4.69, 9.17) is 14.1 Å². The van der Waals surface area contributed by atoms with E-state index in [0.29, 0.717) is 66.4 Å². The molecule has 0 spiro atoms. The minimum Gasteiger partial charge on any atom is -0.439 e. The molecular weight excluding hydrogens is 548 g/mol. The fourth-order valence-corrected chi connectivity index (χ4v) is 7.61. The standard InChI is InChI=1S/C28H30N6O4S2/c29-17-3-1-2-4-18(17)31-21-11-15-13-30-28(36)24(15)27(32-21)33-22-6-5-20(40-22)16-14-39-26-19(35)12-23(38-25(16)26)34-7-9-37-10-8-34/h5-6,11-12,14,17-18H,1-4,7-10,13,29H2,(H,30,36)(H2,31,32,33)/p+1/t17-,18+/m1/s1. The number of rotatable bonds is 6. The number of nitrogens with zero attached hydrogens (tertiary/aromatic N) is 2. The zero-order chi connectivity index (χ0) is 27.2. The Morgan fingerprint density at radius 2 is 1.98 bits per heavy atom. The first-order valence-electron chi connectivity index (χ1n) is 13.7. The van der Waals surface area contributed by atoms with Crippen LogP contribution >= 0.6 is 22.7 Å². The van der Waals surface area contributed by atoms with Gasteiger partial charge >= 0.3 is 0 Å². The second kappa shape index (κ2) is 10.5. The summed E-state index contributed by atoms with van der Waals surface area (Å²) in [5, 5.41) is 12.7. The summed E-state index contributed by atoms with van der Waals surface area (Å²) in [5.41, 5.74) is 7.29. The van der Waals surface area contributed by atoms with E-state index < -0.39 is 0 Å². The van der Waals surface area contributed by atoms with Crippen molar-refractivity contribution in [3.8, 4) is 10.4 Å². The molecule has 7 rings (SSSR count). The lowest BCUT2D eigenvalue weighted by Crippen LogP contribution is -2.68. The molecule has 2 fully saturated rings. The third-order valence-electron chi connectivity index (χ3n) is 7.88. The molecule has 0 bridgehead atoms. The van der Waals surface area contributed by atoms with Crippen molar-refractivity contribution in [3.05, 3.63) is 51.0 Å². The summed E-state index contributed by atoms with van der Waals surface area (Å²) >= 11 is 2.93. The smallest absolute Gasteiger partial charge is 0.255 e. The molecule has 0 unspecified atom stereocenters. The predicted octanol–water partition coefficient (Wildman–Crippen LogP) is 3.77. The number of fused-ring (bicyclic) bond motifs is 2. The van der Waals surface area contributed by atoms with Crippen molar-refractivity contribution in [2.45, 2.75) is 44.3 Å². The summed E-state index contributed by atoms with van der Waals surface area (Å²) < 4.78 is 12.4. The Balaban J connectivity index is 1.19. The van der Waals surface area contributed by atoms with Gasteiger partial charge in [-0.25, -0.2) is 4.98 Å². The predicted molar refractivity (Wildman–Crippen MR) is 158 cm³/mol. The van der Waals surface area contributed by atoms with E-state index >= 15 is 0 Å². The first kappa shape index (κ1) is 25.5. The topological polar surface area (TPSA) is 136 Å². The highest BCUT2D eigenvalue weighted by Gasteiger charge is 2.29. The molecule has 12 heteroatoms. The quantitative estimate of drug-likeness (QED) is 0.271. The average molecular weight is 580 g/mol. The van der Waals surface area contributed by atoms with E-state index in [9.17, 15) is 9.59 Å². The summed E-state index contributed by atoms with van der Waals surface area (Å²) in [5.74, 6) is 1.75. The molecule has 1 saturated carbocycles. The monoisotopic (exact) mass is 579 g/mol. The Hall–Kier alpha value is -3.45. The van der Waals surface area contributed by atoms with E-state index in [1.54, 1.807) is 6.07 Å². The van der Waals surface area contributed by atoms with E-state index in [1.165, 1.54) is 35.5 Å². The highest BCUT2D eigenvalue weighted by molar-refractivity contribution is 7.21. The number of thiophene rings is 2. The van der Waals surface area contributed by atoms with Crippen LogP contribution in [0.25, 0.3) is 20.7 Å². The van der Waals surface area contributed by atoms with Gasteiger partial charge in [-0.05, 0) is 36.6 Å². The maximum absolute atomic E-state index is 12.9. The van der Waals surface area contributed by atoms with E-state index in [1.807, 2.05) is 23.6 Å². The van der Waals surface area contributed by atoms with Gasteiger partial charge < -0.3 is 35.7 Å². The first-order valence-corrected chi connectivity index (χ1v) is 15.4. The highest BCUT2D eigenvalue weighted by atomic mass is 32.1. The number of pyridine rings is 1. The molecule has 1 aliphatic carbocycles. The molecule has 2 atom stereocenters. The van der Waals surface area contributed by atoms with Crippen LogP contribution in [0, 0.1) is 0 Å². The molecule has 10 nitrogen and oxygen atoms in total. The van der Waals surface area contributed by atoms with Crippen LogP contribution in [0.5, 0.6) is 0 Å². The highest BCUT2D eigenvalue weighted by Crippen LogP contribution is 2.40. The van der Waals surface area contributed by atoms with Gasteiger partial charge in [0.2, 0.25) is 5.43 Å². The number of quaternary nitrogens is 1. The molecule has 4 aromatic heterocycles. The Bertz CT molecular complexity index is 1640. The Kier molecular flexibility index (Phi) is 6.70. The zero-order valence-electron chi connectivity index (χ0n) is 22.0. The molecule has 6 heterocycles. The number of hydrogen-bond donors (Lipinski definition) is 4. The molecule has 2 aliphatic heterocycles. The second-order valence-corrected chi connectivity index (χ2v) is 12.5. The number of carbonyl (C=O) groups is 1. The molecule has 4 aromatic rings. The second-order valence-electron chi connectivity index (χ2n) is 10.5. The van der Waals surface area contributed by atoms with Crippen LogP contribution < -0.4 is 32.0 Å². The zero-order valence-corrected chi connectivity index (χ0v) is 23.6. The molecule has 3 aliphatic rings. The van der Waals surface area contributed by atoms with Crippen molar-refractivity contribution in [1.29, 1.82) is 0 Å². The minimum atomic E-state index is -0.123. The fraction of sp³-hybridized carbons (Fsp3) is 0.393. The molecule has 6 N–H and O–H groups in total. The van der Waals surface area contributed by atoms with Gasteiger partial charge in [0.05, 0.1) is 29.8 Å². The van der Waals surface area contributed by atoms with Crippen molar-refractivity contribution in [2.24, 2.45) is 0 Å². The molecule has 40 heavy (non-hydrogen) atoms. The summed E-state index contributed by atoms with van der Waals surface area (Å²) in [6.45, 7) is 3.09. The van der Waals surface area contributed by atoms with Crippen LogP contribution in [-0.4, -0.2) is 49.3 Å². The van der Waals surface area contributed by atoms with Gasteiger partial charge in [0.15, 0.2) is 11.5 Å². The third kappa shape index (κ3) is 4.74. The van der Waals surface area contributed by atoms with Crippen LogP contribution in [0.1, 0.15) is 41.6 Å². The van der Waals surface area contributed by atoms with Gasteiger partial charge in [0.1, 0.15) is 22.4 Å². The maximum Gasteiger partial charge on any atom is 0.255 e. The summed E-state index contributed by atoms with van der Waals surface area (Å²) in [4.78, 5) is 33.4. The Labute approximate surface area is 238 Å². The SMILES string of the molecule is [NH3+][C@@H]1CCCC[C@@H]1Nc1cc2c(c(Nc3ccc(-c4csc5c(=O)cc(N6CCOCC6)oc45)s3)n1)C(=O)NC2. The van der Waals surface area contributed by atoms with Gasteiger partial charge in [-0.3, -0.25) is 9.59 Å². The van der Waals surface area contributed by atoms with Crippen molar-refractivity contribution >= 4 is 61.4 Å². The van der Waals surface area contributed by atoms with E-state index in [0.717, 1.165) is 39.7 Å². The summed E-state index contributed by atoms with van der Waals surface area (Å²) in [6, 6.07) is 8.15. The number of morpholine rings is 1. The lowest BCUT2D eigenvalue weighted by atomic mass is 9.91. The van der Waals surface area contributed by atoms with E-state index in [-0.39, 0.29) is 17.4 Å². The van der Waals surface area contributed by atoms with Crippen LogP contribution in [-0.2, 0) is 11.3 Å². The number of hydrogen-bond acceptors (Lipinski definition) is 10. The third-order valence-corrected chi connectivity index (χ3v) is 9.89. The van der Waals surface area contributed by atoms with Crippen LogP contribution in [0.3, 0.4) is 0 Å². The van der Waals surface area contributed by atoms with Crippen LogP contribution in [0.15, 0.2) is 38.9 Å². The van der Waals surface area contributed by atoms with Gasteiger partial charge in [-0.2, -0.15) is 0 Å². The molecule has 1 saturated heterocycles. The molecule has 0 aromatic carbocycles. The van der Waals surface area contributed by atoms with Crippen molar-refractivity contribution < 1.29 is 19.7 Å². The lowest BCUT2D eigenvalue weighted by Gasteiger charge is -2.27. The average Bonchev–Trinajstić information content (AvgIpc) is 3.69. The largest absolute Gasteiger partial charge is 0.439 e. The Morgan fingerprint density at radius 1 is 1.12 bits per heavy atom. The minimum absolute atomic E-state index is 0.0357. The van der Waals surface area contributed by atoms with Gasteiger partial charge in [-0.1, -0.05) is 6.42 Å². The van der Waals surface area contributed by atoms with Crippen molar-refractivity contribution in [3.63, 3.8) is 0 Å². The van der Waals surface area contributed by atoms with Crippen molar-refractivity contribution in [2.75, 3.05) is 41.8 Å². The van der Waals surface area contributed by atoms with Gasteiger partial charge in [0.25, 0.3) is 5.91 Å². The number of ether oxygens (including phenoxy) is 1. The Morgan fingerprint density at radius 3 is 2.83 bits per heavy atom. The number of carbonyl (C=O) groups excluding carboxylic acids is 1. The molecular formula is C28H31N6O4S2+. The van der Waals surface area contributed by atoms with Crippen molar-refractivity contribution in [1.82, 2.24) is 10.3 Å². The molecule has 208 valence electrons. The molecule has 0 radical (unpaired) electrons. The summed E-state index contributed by atoms with van der Waals surface area (Å²) in [6.07, 6.45) is 4.58. The van der Waals surface area contributed by atoms with Gasteiger partial charge in [0, 0.05) is 47.9 Å². The van der Waals surface area contributed by atoms with E-state index in [2.05, 4.69) is 26.6 Å². The lowest BCUT2D eigenvalue weighted by molar-refractivity contribution is -0.427. The van der Waals surface area contributed by atoms with Crippen LogP contribution in [0.2, 0.25) is 0 Å². The number of anilines is 4. The molecule has 1 amide bonds. The summed E-state index contributed by atoms with van der Waals surface area (Å²) in [7, 11) is 0. The number of nitrogens with one attached hydrogen (secondary N) is 3. The number of amides is 1. The van der Waals surface area contributed by atoms with Gasteiger partial charge in [-0.15, -0.1) is 22.7 Å². The fourth-order valence-electron chi connectivity index (χ4n) is 5.71. The van der Waals surface area contributed by atoms with Crippen LogP contribution in [0.4, 0.5) is 22.5 Å². The first-order chi connectivity index (χ1) is 19.5. The maximum atomic E-state index is 12.9. The number of aromatic nitrogens is 1.